The normalized spacial score (nSPS) is 10.8. The van der Waals surface area contributed by atoms with Crippen LogP contribution in [0.3, 0.4) is 0 Å². The van der Waals surface area contributed by atoms with Crippen LogP contribution in [-0.4, -0.2) is 36.8 Å². The predicted molar refractivity (Wildman–Crippen MR) is 110 cm³/mol. The second kappa shape index (κ2) is 8.19. The Balaban J connectivity index is 1.43. The smallest absolute Gasteiger partial charge is 0.266 e. The molecule has 29 heavy (non-hydrogen) atoms. The van der Waals surface area contributed by atoms with E-state index in [-0.39, 0.29) is 24.6 Å². The number of nitrogens with one attached hydrogen (secondary N) is 1. The molecule has 9 heteroatoms. The van der Waals surface area contributed by atoms with Gasteiger partial charge in [0.05, 0.1) is 12.2 Å². The highest BCUT2D eigenvalue weighted by Gasteiger charge is 2.16. The summed E-state index contributed by atoms with van der Waals surface area (Å²) in [6, 6.07) is 12.8. The van der Waals surface area contributed by atoms with Gasteiger partial charge in [-0.05, 0) is 13.0 Å². The van der Waals surface area contributed by atoms with Crippen LogP contribution in [0.5, 0.6) is 0 Å². The molecule has 0 radical (unpaired) electrons. The number of amides is 1. The molecular formula is C20H18N6O2S. The first-order chi connectivity index (χ1) is 14.1. The van der Waals surface area contributed by atoms with Gasteiger partial charge in [0.1, 0.15) is 16.2 Å². The van der Waals surface area contributed by atoms with E-state index in [1.807, 2.05) is 37.3 Å². The number of aryl methyl sites for hydroxylation is 1. The highest BCUT2D eigenvalue weighted by molar-refractivity contribution is 7.17. The molecular weight excluding hydrogens is 388 g/mol. The first-order valence-corrected chi connectivity index (χ1v) is 9.81. The Bertz CT molecular complexity index is 1180. The monoisotopic (exact) mass is 406 g/mol. The molecule has 0 spiro atoms. The van der Waals surface area contributed by atoms with Crippen LogP contribution in [0.1, 0.15) is 15.4 Å². The van der Waals surface area contributed by atoms with Gasteiger partial charge in [0.15, 0.2) is 5.82 Å². The Hall–Kier alpha value is -3.59. The second-order valence-electron chi connectivity index (χ2n) is 6.28. The number of rotatable bonds is 6. The van der Waals surface area contributed by atoms with E-state index in [0.29, 0.717) is 16.4 Å². The largest absolute Gasteiger partial charge is 0.349 e. The van der Waals surface area contributed by atoms with Crippen LogP contribution in [0.15, 0.2) is 66.0 Å². The van der Waals surface area contributed by atoms with Crippen molar-refractivity contribution < 1.29 is 4.79 Å². The molecule has 0 aliphatic carbocycles. The molecule has 0 unspecified atom stereocenters. The molecule has 1 amide bonds. The third-order valence-corrected chi connectivity index (χ3v) is 5.46. The van der Waals surface area contributed by atoms with Gasteiger partial charge in [0, 0.05) is 30.6 Å². The van der Waals surface area contributed by atoms with Crippen molar-refractivity contribution in [1.29, 1.82) is 0 Å². The summed E-state index contributed by atoms with van der Waals surface area (Å²) >= 11 is 1.35. The van der Waals surface area contributed by atoms with Gasteiger partial charge in [0.2, 0.25) is 0 Å². The predicted octanol–water partition coefficient (Wildman–Crippen LogP) is 2.29. The summed E-state index contributed by atoms with van der Waals surface area (Å²) in [5, 5.41) is 7.96. The molecule has 1 aromatic carbocycles. The number of aromatic nitrogens is 5. The van der Waals surface area contributed by atoms with E-state index in [9.17, 15) is 9.59 Å². The van der Waals surface area contributed by atoms with Crippen molar-refractivity contribution in [3.8, 4) is 16.4 Å². The Labute approximate surface area is 170 Å². The highest BCUT2D eigenvalue weighted by atomic mass is 32.1. The first-order valence-electron chi connectivity index (χ1n) is 8.99. The molecule has 146 valence electrons. The fourth-order valence-corrected chi connectivity index (χ4v) is 3.79. The van der Waals surface area contributed by atoms with Crippen molar-refractivity contribution in [2.75, 3.05) is 6.54 Å². The van der Waals surface area contributed by atoms with E-state index in [2.05, 4.69) is 20.4 Å². The third kappa shape index (κ3) is 4.14. The van der Waals surface area contributed by atoms with Gasteiger partial charge in [-0.2, -0.15) is 5.10 Å². The average Bonchev–Trinajstić information content (AvgIpc) is 3.40. The minimum atomic E-state index is -0.233. The molecule has 0 atom stereocenters. The molecule has 0 saturated heterocycles. The van der Waals surface area contributed by atoms with Crippen molar-refractivity contribution in [2.24, 2.45) is 0 Å². The molecule has 0 aliphatic heterocycles. The van der Waals surface area contributed by atoms with E-state index < -0.39 is 0 Å². The lowest BCUT2D eigenvalue weighted by molar-refractivity contribution is 0.0955. The van der Waals surface area contributed by atoms with Gasteiger partial charge < -0.3 is 5.32 Å². The average molecular weight is 406 g/mol. The van der Waals surface area contributed by atoms with Gasteiger partial charge in [-0.1, -0.05) is 30.3 Å². The van der Waals surface area contributed by atoms with E-state index in [0.717, 1.165) is 10.6 Å². The van der Waals surface area contributed by atoms with Crippen LogP contribution in [0.2, 0.25) is 0 Å². The molecule has 0 bridgehead atoms. The minimum absolute atomic E-state index is 0.207. The zero-order chi connectivity index (χ0) is 20.2. The van der Waals surface area contributed by atoms with E-state index in [1.54, 1.807) is 29.4 Å². The quantitative estimate of drug-likeness (QED) is 0.530. The SMILES string of the molecule is Cc1nc(-c2ccccc2)sc1C(=O)NCCn1nc(-n2ccnc2)ccc1=O. The summed E-state index contributed by atoms with van der Waals surface area (Å²) in [4.78, 5) is 33.7. The summed E-state index contributed by atoms with van der Waals surface area (Å²) < 4.78 is 3.03. The van der Waals surface area contributed by atoms with Crippen LogP contribution in [0.25, 0.3) is 16.4 Å². The standard InChI is InChI=1S/C20H18N6O2S/c1-14-18(29-20(23-14)15-5-3-2-4-6-15)19(28)22-10-12-26-17(27)8-7-16(24-26)25-11-9-21-13-25/h2-9,11,13H,10,12H2,1H3,(H,22,28). The maximum atomic E-state index is 12.6. The van der Waals surface area contributed by atoms with Crippen molar-refractivity contribution >= 4 is 17.2 Å². The summed E-state index contributed by atoms with van der Waals surface area (Å²) in [7, 11) is 0. The number of thiazole rings is 1. The molecule has 4 aromatic rings. The Morgan fingerprint density at radius 2 is 2.00 bits per heavy atom. The number of nitrogens with zero attached hydrogens (tertiary/aromatic N) is 5. The summed E-state index contributed by atoms with van der Waals surface area (Å²) in [5.41, 5.74) is 1.43. The molecule has 3 heterocycles. The van der Waals surface area contributed by atoms with Gasteiger partial charge in [-0.3, -0.25) is 14.2 Å². The van der Waals surface area contributed by atoms with Crippen molar-refractivity contribution in [2.45, 2.75) is 13.5 Å². The van der Waals surface area contributed by atoms with Crippen molar-refractivity contribution in [1.82, 2.24) is 29.6 Å². The van der Waals surface area contributed by atoms with Gasteiger partial charge in [-0.15, -0.1) is 11.3 Å². The number of carbonyl (C=O) groups excluding carboxylic acids is 1. The van der Waals surface area contributed by atoms with Gasteiger partial charge >= 0.3 is 0 Å². The molecule has 1 N–H and O–H groups in total. The molecule has 3 aromatic heterocycles. The number of benzene rings is 1. The summed E-state index contributed by atoms with van der Waals surface area (Å²) in [6.45, 7) is 2.35. The van der Waals surface area contributed by atoms with Crippen LogP contribution < -0.4 is 10.9 Å². The zero-order valence-corrected chi connectivity index (χ0v) is 16.5. The van der Waals surface area contributed by atoms with E-state index >= 15 is 0 Å². The lowest BCUT2D eigenvalue weighted by Gasteiger charge is -2.08. The van der Waals surface area contributed by atoms with Crippen LogP contribution in [0, 0.1) is 6.92 Å². The van der Waals surface area contributed by atoms with E-state index in [1.165, 1.54) is 22.1 Å². The zero-order valence-electron chi connectivity index (χ0n) is 15.6. The first kappa shape index (κ1) is 18.8. The van der Waals surface area contributed by atoms with Gasteiger partial charge in [0.25, 0.3) is 11.5 Å². The topological polar surface area (TPSA) is 94.7 Å². The molecule has 0 saturated carbocycles. The molecule has 4 rings (SSSR count). The summed E-state index contributed by atoms with van der Waals surface area (Å²) in [5.74, 6) is 0.375. The number of hydrogen-bond donors (Lipinski definition) is 1. The van der Waals surface area contributed by atoms with E-state index in [4.69, 9.17) is 0 Å². The van der Waals surface area contributed by atoms with Crippen molar-refractivity contribution in [3.05, 3.63) is 82.1 Å². The fraction of sp³-hybridized carbons (Fsp3) is 0.150. The lowest BCUT2D eigenvalue weighted by Crippen LogP contribution is -2.32. The van der Waals surface area contributed by atoms with Crippen LogP contribution >= 0.6 is 11.3 Å². The van der Waals surface area contributed by atoms with Crippen molar-refractivity contribution in [3.63, 3.8) is 0 Å². The van der Waals surface area contributed by atoms with Crippen LogP contribution in [-0.2, 0) is 6.54 Å². The fourth-order valence-electron chi connectivity index (χ4n) is 2.80. The summed E-state index contributed by atoms with van der Waals surface area (Å²) in [6.07, 6.45) is 4.99. The lowest BCUT2D eigenvalue weighted by atomic mass is 10.2. The third-order valence-electron chi connectivity index (χ3n) is 4.25. The Morgan fingerprint density at radius 1 is 1.17 bits per heavy atom. The molecule has 8 nitrogen and oxygen atoms in total. The molecule has 0 fully saturated rings. The maximum absolute atomic E-state index is 12.6. The minimum Gasteiger partial charge on any atom is -0.349 e. The van der Waals surface area contributed by atoms with Crippen LogP contribution in [0.4, 0.5) is 0 Å². The Morgan fingerprint density at radius 3 is 2.76 bits per heavy atom. The number of hydrogen-bond acceptors (Lipinski definition) is 6. The highest BCUT2D eigenvalue weighted by Crippen LogP contribution is 2.27. The Kier molecular flexibility index (Phi) is 5.30. The number of carbonyl (C=O) groups is 1. The van der Waals surface area contributed by atoms with Gasteiger partial charge in [-0.25, -0.2) is 14.6 Å². The molecule has 0 aliphatic rings. The number of imidazole rings is 1. The maximum Gasteiger partial charge on any atom is 0.266 e. The second-order valence-corrected chi connectivity index (χ2v) is 7.28.